The molecule has 0 heterocycles. The van der Waals surface area contributed by atoms with Gasteiger partial charge in [-0.15, -0.1) is 0 Å². The van der Waals surface area contributed by atoms with Crippen LogP contribution in [-0.2, 0) is 14.3 Å². The topological polar surface area (TPSA) is 35.5 Å². The van der Waals surface area contributed by atoms with Crippen LogP contribution in [0, 0.1) is 0 Å². The lowest BCUT2D eigenvalue weighted by molar-refractivity contribution is -0.176. The number of ether oxygens (including phenoxy) is 2. The van der Waals surface area contributed by atoms with Gasteiger partial charge in [0, 0.05) is 6.92 Å². The van der Waals surface area contributed by atoms with Crippen LogP contribution < -0.4 is 0 Å². The maximum absolute atomic E-state index is 10.8. The Morgan fingerprint density at radius 1 is 1.40 bits per heavy atom. The molecule has 0 rings (SSSR count). The smallest absolute Gasteiger partial charge is 0.305 e. The van der Waals surface area contributed by atoms with E-state index in [1.165, 1.54) is 13.8 Å². The molecule has 1 atom stereocenters. The van der Waals surface area contributed by atoms with Crippen LogP contribution in [0.1, 0.15) is 27.7 Å². The van der Waals surface area contributed by atoms with E-state index in [0.717, 1.165) is 5.57 Å². The Bertz CT molecular complexity index is 240. The standard InChI is InChI=1S/C10H16Cl2O3/c1-7(2)5-6-14-9(10(4,11)12)15-8(3)13/h5,9H,6H2,1-4H3. The summed E-state index contributed by atoms with van der Waals surface area (Å²) < 4.78 is 8.82. The van der Waals surface area contributed by atoms with Gasteiger partial charge in [-0.25, -0.2) is 0 Å². The molecule has 1 unspecified atom stereocenters. The summed E-state index contributed by atoms with van der Waals surface area (Å²) in [6, 6.07) is 0. The molecule has 0 aliphatic carbocycles. The van der Waals surface area contributed by atoms with E-state index in [-0.39, 0.29) is 0 Å². The number of hydrogen-bond donors (Lipinski definition) is 0. The predicted molar refractivity (Wildman–Crippen MR) is 61.0 cm³/mol. The fourth-order valence-electron chi connectivity index (χ4n) is 0.737. The van der Waals surface area contributed by atoms with E-state index in [0.29, 0.717) is 6.61 Å². The Labute approximate surface area is 100 Å². The molecule has 0 spiro atoms. The number of carbonyl (C=O) groups excluding carboxylic acids is 1. The van der Waals surface area contributed by atoms with Crippen molar-refractivity contribution in [2.24, 2.45) is 0 Å². The second-order valence-corrected chi connectivity index (χ2v) is 5.28. The summed E-state index contributed by atoms with van der Waals surface area (Å²) in [5, 5.41) is 0. The van der Waals surface area contributed by atoms with Crippen LogP contribution in [-0.4, -0.2) is 23.2 Å². The van der Waals surface area contributed by atoms with Crippen molar-refractivity contribution in [3.8, 4) is 0 Å². The normalized spacial score (nSPS) is 13.2. The molecule has 0 aromatic heterocycles. The molecule has 15 heavy (non-hydrogen) atoms. The largest absolute Gasteiger partial charge is 0.433 e. The van der Waals surface area contributed by atoms with Crippen LogP contribution in [0.2, 0.25) is 0 Å². The van der Waals surface area contributed by atoms with E-state index in [1.807, 2.05) is 19.9 Å². The molecule has 0 aromatic rings. The van der Waals surface area contributed by atoms with Crippen molar-refractivity contribution in [1.82, 2.24) is 0 Å². The van der Waals surface area contributed by atoms with Crippen molar-refractivity contribution in [3.63, 3.8) is 0 Å². The fourth-order valence-corrected chi connectivity index (χ4v) is 0.952. The molecule has 3 nitrogen and oxygen atoms in total. The first kappa shape index (κ1) is 14.8. The van der Waals surface area contributed by atoms with Gasteiger partial charge in [0.25, 0.3) is 0 Å². The number of halogens is 2. The third-order valence-corrected chi connectivity index (χ3v) is 1.78. The summed E-state index contributed by atoms with van der Waals surface area (Å²) in [5.41, 5.74) is 1.10. The molecule has 0 amide bonds. The summed E-state index contributed by atoms with van der Waals surface area (Å²) in [6.45, 7) is 6.95. The summed E-state index contributed by atoms with van der Waals surface area (Å²) in [4.78, 5) is 10.8. The maximum Gasteiger partial charge on any atom is 0.305 e. The van der Waals surface area contributed by atoms with E-state index in [4.69, 9.17) is 32.7 Å². The van der Waals surface area contributed by atoms with Gasteiger partial charge >= 0.3 is 5.97 Å². The van der Waals surface area contributed by atoms with Gasteiger partial charge in [0.15, 0.2) is 4.33 Å². The lowest BCUT2D eigenvalue weighted by atomic mass is 10.3. The highest BCUT2D eigenvalue weighted by Crippen LogP contribution is 2.27. The molecule has 0 saturated carbocycles. The van der Waals surface area contributed by atoms with E-state index < -0.39 is 16.6 Å². The van der Waals surface area contributed by atoms with Crippen LogP contribution in [0.5, 0.6) is 0 Å². The molecule has 0 fully saturated rings. The van der Waals surface area contributed by atoms with Gasteiger partial charge < -0.3 is 9.47 Å². The molecule has 0 bridgehead atoms. The summed E-state index contributed by atoms with van der Waals surface area (Å²) >= 11 is 11.6. The molecule has 0 saturated heterocycles. The minimum absolute atomic E-state index is 0.301. The lowest BCUT2D eigenvalue weighted by Gasteiger charge is -2.25. The zero-order valence-corrected chi connectivity index (χ0v) is 10.9. The average molecular weight is 255 g/mol. The van der Waals surface area contributed by atoms with Gasteiger partial charge in [0.05, 0.1) is 6.61 Å². The molecule has 5 heteroatoms. The van der Waals surface area contributed by atoms with Gasteiger partial charge in [-0.1, -0.05) is 34.9 Å². The van der Waals surface area contributed by atoms with Crippen molar-refractivity contribution < 1.29 is 14.3 Å². The Balaban J connectivity index is 4.27. The molecule has 88 valence electrons. The van der Waals surface area contributed by atoms with Crippen LogP contribution >= 0.6 is 23.2 Å². The Hall–Kier alpha value is -0.250. The van der Waals surface area contributed by atoms with Crippen LogP contribution in [0.25, 0.3) is 0 Å². The van der Waals surface area contributed by atoms with Gasteiger partial charge in [0.1, 0.15) is 0 Å². The van der Waals surface area contributed by atoms with Crippen molar-refractivity contribution in [1.29, 1.82) is 0 Å². The van der Waals surface area contributed by atoms with Crippen LogP contribution in [0.3, 0.4) is 0 Å². The number of alkyl halides is 2. The molecule has 0 N–H and O–H groups in total. The second-order valence-electron chi connectivity index (χ2n) is 3.51. The number of rotatable bonds is 5. The van der Waals surface area contributed by atoms with Gasteiger partial charge in [-0.05, 0) is 20.8 Å². The van der Waals surface area contributed by atoms with Crippen LogP contribution in [0.15, 0.2) is 11.6 Å². The Morgan fingerprint density at radius 3 is 2.27 bits per heavy atom. The highest BCUT2D eigenvalue weighted by molar-refractivity contribution is 6.48. The Morgan fingerprint density at radius 2 is 1.93 bits per heavy atom. The van der Waals surface area contributed by atoms with E-state index in [1.54, 1.807) is 0 Å². The molecule has 0 aliphatic rings. The zero-order valence-electron chi connectivity index (χ0n) is 9.34. The van der Waals surface area contributed by atoms with E-state index >= 15 is 0 Å². The second kappa shape index (κ2) is 6.36. The molecule has 0 radical (unpaired) electrons. The van der Waals surface area contributed by atoms with Crippen molar-refractivity contribution in [3.05, 3.63) is 11.6 Å². The van der Waals surface area contributed by atoms with Crippen molar-refractivity contribution >= 4 is 29.2 Å². The maximum atomic E-state index is 10.8. The number of esters is 1. The highest BCUT2D eigenvalue weighted by atomic mass is 35.5. The minimum atomic E-state index is -1.26. The lowest BCUT2D eigenvalue weighted by Crippen LogP contribution is -2.35. The number of carbonyl (C=O) groups is 1. The summed E-state index contributed by atoms with van der Waals surface area (Å²) in [6.07, 6.45) is 0.879. The van der Waals surface area contributed by atoms with Crippen molar-refractivity contribution in [2.75, 3.05) is 6.61 Å². The number of hydrogen-bond acceptors (Lipinski definition) is 3. The fraction of sp³-hybridized carbons (Fsp3) is 0.700. The molecule has 0 aromatic carbocycles. The molecular formula is C10H16Cl2O3. The average Bonchev–Trinajstić information content (AvgIpc) is 1.99. The third kappa shape index (κ3) is 7.65. The first-order chi connectivity index (χ1) is 6.73. The highest BCUT2D eigenvalue weighted by Gasteiger charge is 2.33. The van der Waals surface area contributed by atoms with E-state index in [2.05, 4.69) is 0 Å². The zero-order chi connectivity index (χ0) is 12.1. The first-order valence-electron chi connectivity index (χ1n) is 4.53. The third-order valence-electron chi connectivity index (χ3n) is 1.43. The Kier molecular flexibility index (Phi) is 6.25. The van der Waals surface area contributed by atoms with Crippen molar-refractivity contribution in [2.45, 2.75) is 38.3 Å². The first-order valence-corrected chi connectivity index (χ1v) is 5.29. The van der Waals surface area contributed by atoms with E-state index in [9.17, 15) is 4.79 Å². The van der Waals surface area contributed by atoms with Gasteiger partial charge in [-0.2, -0.15) is 0 Å². The summed E-state index contributed by atoms with van der Waals surface area (Å²) in [7, 11) is 0. The number of allylic oxidation sites excluding steroid dienone is 1. The molecule has 0 aliphatic heterocycles. The summed E-state index contributed by atoms with van der Waals surface area (Å²) in [5.74, 6) is -0.482. The predicted octanol–water partition coefficient (Wildman–Crippen LogP) is 3.05. The monoisotopic (exact) mass is 254 g/mol. The quantitative estimate of drug-likeness (QED) is 0.328. The van der Waals surface area contributed by atoms with Gasteiger partial charge in [0.2, 0.25) is 6.29 Å². The minimum Gasteiger partial charge on any atom is -0.433 e. The van der Waals surface area contributed by atoms with Crippen LogP contribution in [0.4, 0.5) is 0 Å². The van der Waals surface area contributed by atoms with Gasteiger partial charge in [-0.3, -0.25) is 4.79 Å². The molecular weight excluding hydrogens is 239 g/mol. The SMILES string of the molecule is CC(=O)OC(OCC=C(C)C)C(C)(Cl)Cl.